The van der Waals surface area contributed by atoms with Gasteiger partial charge in [0.05, 0.1) is 11.4 Å². The number of aliphatic imine (C=N–C) groups is 1. The van der Waals surface area contributed by atoms with E-state index in [0.717, 1.165) is 59.8 Å². The van der Waals surface area contributed by atoms with E-state index in [1.807, 2.05) is 54.7 Å². The summed E-state index contributed by atoms with van der Waals surface area (Å²) in [5.41, 5.74) is 5.94. The molecule has 0 unspecified atom stereocenters. The van der Waals surface area contributed by atoms with Crippen LogP contribution in [0.5, 0.6) is 0 Å². The molecule has 0 saturated carbocycles. The van der Waals surface area contributed by atoms with E-state index in [2.05, 4.69) is 39.8 Å². The van der Waals surface area contributed by atoms with E-state index in [1.54, 1.807) is 0 Å². The number of anilines is 2. The van der Waals surface area contributed by atoms with Crippen molar-refractivity contribution < 1.29 is 4.79 Å². The van der Waals surface area contributed by atoms with Gasteiger partial charge in [0.1, 0.15) is 0 Å². The summed E-state index contributed by atoms with van der Waals surface area (Å²) in [5, 5.41) is 6.62. The van der Waals surface area contributed by atoms with Crippen molar-refractivity contribution in [1.29, 1.82) is 0 Å². The second-order valence-corrected chi connectivity index (χ2v) is 7.60. The fourth-order valence-corrected chi connectivity index (χ4v) is 4.19. The molecular formula is C25H24N4O. The second kappa shape index (κ2) is 8.13. The number of piperazine rings is 1. The first-order chi connectivity index (χ1) is 14.8. The van der Waals surface area contributed by atoms with Crippen LogP contribution in [0, 0.1) is 0 Å². The minimum absolute atomic E-state index is 0.0993. The summed E-state index contributed by atoms with van der Waals surface area (Å²) in [4.78, 5) is 20.3. The Labute approximate surface area is 176 Å². The van der Waals surface area contributed by atoms with E-state index in [9.17, 15) is 4.79 Å². The van der Waals surface area contributed by atoms with Gasteiger partial charge in [0.25, 0.3) is 5.91 Å². The average Bonchev–Trinajstić information content (AvgIpc) is 2.99. The molecule has 0 spiro atoms. The SMILES string of the molecule is O=C1Nc2c(N3CCNCC3)ccc(-c3ccccc3)c2C=N[C@H]1c1ccccc1. The molecule has 5 rings (SSSR count). The van der Waals surface area contributed by atoms with Crippen molar-refractivity contribution in [3.05, 3.63) is 83.9 Å². The fraction of sp³-hybridized carbons (Fsp3) is 0.200. The lowest BCUT2D eigenvalue weighted by Crippen LogP contribution is -2.44. The molecule has 2 N–H and O–H groups in total. The van der Waals surface area contributed by atoms with E-state index in [1.165, 1.54) is 0 Å². The Balaban J connectivity index is 1.64. The Bertz CT molecular complexity index is 1070. The molecule has 2 aliphatic rings. The molecule has 1 saturated heterocycles. The maximum atomic E-state index is 13.2. The quantitative estimate of drug-likeness (QED) is 0.707. The first kappa shape index (κ1) is 18.6. The third kappa shape index (κ3) is 3.48. The number of benzene rings is 3. The van der Waals surface area contributed by atoms with Crippen LogP contribution in [0.1, 0.15) is 17.2 Å². The highest BCUT2D eigenvalue weighted by Crippen LogP contribution is 2.38. The second-order valence-electron chi connectivity index (χ2n) is 7.60. The number of benzodiazepines with no additional fused rings is 1. The van der Waals surface area contributed by atoms with Crippen LogP contribution >= 0.6 is 0 Å². The van der Waals surface area contributed by atoms with Crippen molar-refractivity contribution in [3.63, 3.8) is 0 Å². The first-order valence-electron chi connectivity index (χ1n) is 10.4. The lowest BCUT2D eigenvalue weighted by Gasteiger charge is -2.32. The molecule has 150 valence electrons. The van der Waals surface area contributed by atoms with Crippen molar-refractivity contribution in [1.82, 2.24) is 5.32 Å². The predicted octanol–water partition coefficient (Wildman–Crippen LogP) is 3.88. The van der Waals surface area contributed by atoms with Crippen LogP contribution in [-0.4, -0.2) is 38.3 Å². The topological polar surface area (TPSA) is 56.7 Å². The van der Waals surface area contributed by atoms with Gasteiger partial charge >= 0.3 is 0 Å². The van der Waals surface area contributed by atoms with Gasteiger partial charge in [-0.15, -0.1) is 0 Å². The van der Waals surface area contributed by atoms with Crippen LogP contribution in [0.25, 0.3) is 11.1 Å². The minimum Gasteiger partial charge on any atom is -0.367 e. The molecule has 0 aliphatic carbocycles. The Kier molecular flexibility index (Phi) is 5.03. The lowest BCUT2D eigenvalue weighted by molar-refractivity contribution is -0.117. The Morgan fingerprint density at radius 3 is 2.30 bits per heavy atom. The number of nitrogens with one attached hydrogen (secondary N) is 2. The standard InChI is InChI=1S/C25H24N4O/c30-25-23(19-9-5-2-6-10-19)27-17-21-20(18-7-3-1-4-8-18)11-12-22(24(21)28-25)29-15-13-26-14-16-29/h1-12,17,23,26H,13-16H2,(H,28,30)/t23-/m0/s1. The van der Waals surface area contributed by atoms with Crippen LogP contribution in [0.2, 0.25) is 0 Å². The van der Waals surface area contributed by atoms with Crippen molar-refractivity contribution in [3.8, 4) is 11.1 Å². The monoisotopic (exact) mass is 396 g/mol. The summed E-state index contributed by atoms with van der Waals surface area (Å²) in [7, 11) is 0. The van der Waals surface area contributed by atoms with Gasteiger partial charge in [0, 0.05) is 38.0 Å². The van der Waals surface area contributed by atoms with Crippen molar-refractivity contribution in [2.45, 2.75) is 6.04 Å². The maximum absolute atomic E-state index is 13.2. The Hall–Kier alpha value is -3.44. The maximum Gasteiger partial charge on any atom is 0.253 e. The van der Waals surface area contributed by atoms with E-state index < -0.39 is 6.04 Å². The van der Waals surface area contributed by atoms with Crippen molar-refractivity contribution in [2.75, 3.05) is 36.4 Å². The molecule has 5 heteroatoms. The fourth-order valence-electron chi connectivity index (χ4n) is 4.19. The minimum atomic E-state index is -0.557. The van der Waals surface area contributed by atoms with E-state index in [0.29, 0.717) is 0 Å². The first-order valence-corrected chi connectivity index (χ1v) is 10.4. The summed E-state index contributed by atoms with van der Waals surface area (Å²) >= 11 is 0. The number of hydrogen-bond donors (Lipinski definition) is 2. The molecule has 3 aromatic carbocycles. The molecule has 1 amide bonds. The lowest BCUT2D eigenvalue weighted by atomic mass is 9.97. The van der Waals surface area contributed by atoms with Crippen LogP contribution < -0.4 is 15.5 Å². The zero-order valence-corrected chi connectivity index (χ0v) is 16.7. The zero-order chi connectivity index (χ0) is 20.3. The summed E-state index contributed by atoms with van der Waals surface area (Å²) in [6.07, 6.45) is 1.87. The molecule has 1 atom stereocenters. The largest absolute Gasteiger partial charge is 0.367 e. The predicted molar refractivity (Wildman–Crippen MR) is 122 cm³/mol. The van der Waals surface area contributed by atoms with Gasteiger partial charge in [0.15, 0.2) is 6.04 Å². The molecule has 2 heterocycles. The number of fused-ring (bicyclic) bond motifs is 1. The third-order valence-corrected chi connectivity index (χ3v) is 5.73. The summed E-state index contributed by atoms with van der Waals surface area (Å²) < 4.78 is 0. The van der Waals surface area contributed by atoms with Crippen molar-refractivity contribution in [2.24, 2.45) is 4.99 Å². The summed E-state index contributed by atoms with van der Waals surface area (Å²) in [5.74, 6) is -0.0993. The summed E-state index contributed by atoms with van der Waals surface area (Å²) in [6, 6.07) is 23.7. The molecular weight excluding hydrogens is 372 g/mol. The number of carbonyl (C=O) groups excluding carboxylic acids is 1. The third-order valence-electron chi connectivity index (χ3n) is 5.73. The molecule has 0 bridgehead atoms. The highest BCUT2D eigenvalue weighted by atomic mass is 16.2. The van der Waals surface area contributed by atoms with Crippen LogP contribution in [-0.2, 0) is 4.79 Å². The van der Waals surface area contributed by atoms with Gasteiger partial charge in [-0.05, 0) is 22.8 Å². The number of hydrogen-bond acceptors (Lipinski definition) is 4. The molecule has 0 radical (unpaired) electrons. The van der Waals surface area contributed by atoms with Gasteiger partial charge in [-0.1, -0.05) is 66.7 Å². The Morgan fingerprint density at radius 1 is 0.867 bits per heavy atom. The Morgan fingerprint density at radius 2 is 1.57 bits per heavy atom. The van der Waals surface area contributed by atoms with Crippen molar-refractivity contribution >= 4 is 23.5 Å². The van der Waals surface area contributed by atoms with Gasteiger partial charge in [-0.2, -0.15) is 0 Å². The van der Waals surface area contributed by atoms with E-state index in [4.69, 9.17) is 4.99 Å². The summed E-state index contributed by atoms with van der Waals surface area (Å²) in [6.45, 7) is 3.69. The smallest absolute Gasteiger partial charge is 0.253 e. The van der Waals surface area contributed by atoms with E-state index >= 15 is 0 Å². The van der Waals surface area contributed by atoms with Gasteiger partial charge in [-0.25, -0.2) is 0 Å². The molecule has 5 nitrogen and oxygen atoms in total. The number of rotatable bonds is 3. The average molecular weight is 396 g/mol. The number of nitrogens with zero attached hydrogens (tertiary/aromatic N) is 2. The molecule has 1 fully saturated rings. The molecule has 3 aromatic rings. The highest BCUT2D eigenvalue weighted by Gasteiger charge is 2.27. The van der Waals surface area contributed by atoms with E-state index in [-0.39, 0.29) is 5.91 Å². The van der Waals surface area contributed by atoms with Crippen LogP contribution in [0.3, 0.4) is 0 Å². The molecule has 30 heavy (non-hydrogen) atoms. The molecule has 0 aromatic heterocycles. The van der Waals surface area contributed by atoms with Crippen LogP contribution in [0.4, 0.5) is 11.4 Å². The number of amides is 1. The number of carbonyl (C=O) groups is 1. The van der Waals surface area contributed by atoms with Gasteiger partial charge in [0.2, 0.25) is 0 Å². The molecule has 2 aliphatic heterocycles. The van der Waals surface area contributed by atoms with Gasteiger partial charge in [-0.3, -0.25) is 9.79 Å². The normalized spacial score (nSPS) is 18.5. The highest BCUT2D eigenvalue weighted by molar-refractivity contribution is 6.10. The van der Waals surface area contributed by atoms with Gasteiger partial charge < -0.3 is 15.5 Å². The van der Waals surface area contributed by atoms with Crippen LogP contribution in [0.15, 0.2) is 77.8 Å². The zero-order valence-electron chi connectivity index (χ0n) is 16.7.